The Bertz CT molecular complexity index is 1220. The van der Waals surface area contributed by atoms with Gasteiger partial charge in [-0.3, -0.25) is 14.4 Å². The van der Waals surface area contributed by atoms with Crippen LogP contribution in [0.3, 0.4) is 0 Å². The Morgan fingerprint density at radius 3 is 2.68 bits per heavy atom. The van der Waals surface area contributed by atoms with Gasteiger partial charge in [-0.25, -0.2) is 4.98 Å². The first-order chi connectivity index (χ1) is 14.8. The fourth-order valence-electron chi connectivity index (χ4n) is 3.75. The number of carbonyl (C=O) groups is 1. The minimum Gasteiger partial charge on any atom is -0.493 e. The van der Waals surface area contributed by atoms with Gasteiger partial charge in [0.1, 0.15) is 5.54 Å². The predicted octanol–water partition coefficient (Wildman–Crippen LogP) is 3.69. The zero-order valence-electron chi connectivity index (χ0n) is 18.1. The molecule has 2 aromatic heterocycles. The van der Waals surface area contributed by atoms with Gasteiger partial charge in [0.05, 0.1) is 61.9 Å². The smallest absolute Gasteiger partial charge is 0.260 e. The predicted molar refractivity (Wildman–Crippen MR) is 115 cm³/mol. The highest BCUT2D eigenvalue weighted by molar-refractivity contribution is 6.10. The van der Waals surface area contributed by atoms with Crippen molar-refractivity contribution in [3.05, 3.63) is 53.5 Å². The molecule has 0 unspecified atom stereocenters. The van der Waals surface area contributed by atoms with E-state index in [0.717, 1.165) is 11.1 Å². The van der Waals surface area contributed by atoms with E-state index in [1.165, 1.54) is 0 Å². The second kappa shape index (κ2) is 7.43. The van der Waals surface area contributed by atoms with Crippen molar-refractivity contribution in [2.45, 2.75) is 32.9 Å². The molecule has 1 aromatic carbocycles. The maximum atomic E-state index is 13.2. The van der Waals surface area contributed by atoms with Crippen LogP contribution in [0.5, 0.6) is 11.5 Å². The molecule has 0 saturated heterocycles. The molecule has 0 atom stereocenters. The first kappa shape index (κ1) is 20.4. The van der Waals surface area contributed by atoms with Gasteiger partial charge >= 0.3 is 0 Å². The number of amides is 1. The summed E-state index contributed by atoms with van der Waals surface area (Å²) in [4.78, 5) is 19.6. The van der Waals surface area contributed by atoms with Crippen LogP contribution in [-0.4, -0.2) is 34.9 Å². The Kier molecular flexibility index (Phi) is 4.90. The third-order valence-electron chi connectivity index (χ3n) is 5.46. The zero-order valence-corrected chi connectivity index (χ0v) is 18.1. The molecule has 8 heteroatoms. The number of nitrogens with zero attached hydrogens (tertiary/aromatic N) is 5. The van der Waals surface area contributed by atoms with Crippen LogP contribution in [0, 0.1) is 18.3 Å². The Morgan fingerprint density at radius 2 is 2.00 bits per heavy atom. The molecule has 3 heterocycles. The molecule has 1 amide bonds. The van der Waals surface area contributed by atoms with E-state index in [4.69, 9.17) is 14.5 Å². The summed E-state index contributed by atoms with van der Waals surface area (Å²) >= 11 is 0. The van der Waals surface area contributed by atoms with E-state index in [0.29, 0.717) is 40.7 Å². The molecule has 0 N–H and O–H groups in total. The van der Waals surface area contributed by atoms with Gasteiger partial charge < -0.3 is 9.47 Å². The van der Waals surface area contributed by atoms with Gasteiger partial charge in [0.2, 0.25) is 0 Å². The Morgan fingerprint density at radius 1 is 1.23 bits per heavy atom. The van der Waals surface area contributed by atoms with E-state index in [-0.39, 0.29) is 5.91 Å². The number of carbonyl (C=O) groups excluding carboxylic acids is 1. The van der Waals surface area contributed by atoms with E-state index in [1.807, 2.05) is 31.2 Å². The Balaban J connectivity index is 1.74. The molecule has 31 heavy (non-hydrogen) atoms. The van der Waals surface area contributed by atoms with Gasteiger partial charge in [-0.1, -0.05) is 6.07 Å². The SMILES string of the molecule is COc1cccc(-c2cc(C)c3c(n2)CN(c2cnn(C(C)(C)C#N)c2)C3=O)c1OC. The molecule has 1 aliphatic rings. The molecule has 0 bridgehead atoms. The van der Waals surface area contributed by atoms with Crippen molar-refractivity contribution in [1.82, 2.24) is 14.8 Å². The monoisotopic (exact) mass is 417 g/mol. The van der Waals surface area contributed by atoms with Gasteiger partial charge in [0.25, 0.3) is 5.91 Å². The number of fused-ring (bicyclic) bond motifs is 1. The van der Waals surface area contributed by atoms with E-state index in [2.05, 4.69) is 11.2 Å². The summed E-state index contributed by atoms with van der Waals surface area (Å²) in [6, 6.07) is 9.72. The molecular weight excluding hydrogens is 394 g/mol. The van der Waals surface area contributed by atoms with Gasteiger partial charge in [-0.15, -0.1) is 0 Å². The standard InChI is InChI=1S/C23H23N5O3/c1-14-9-17(16-7-6-8-19(30-4)21(16)31-5)26-18-12-27(22(29)20(14)18)15-10-25-28(11-15)23(2,3)13-24/h6-11H,12H2,1-5H3. The van der Waals surface area contributed by atoms with Crippen LogP contribution in [0.4, 0.5) is 5.69 Å². The maximum absolute atomic E-state index is 13.2. The average Bonchev–Trinajstić information content (AvgIpc) is 3.38. The van der Waals surface area contributed by atoms with E-state index in [1.54, 1.807) is 50.0 Å². The van der Waals surface area contributed by atoms with E-state index >= 15 is 0 Å². The van der Waals surface area contributed by atoms with E-state index in [9.17, 15) is 10.1 Å². The quantitative estimate of drug-likeness (QED) is 0.629. The number of benzene rings is 1. The molecule has 0 spiro atoms. The normalized spacial score (nSPS) is 13.2. The lowest BCUT2D eigenvalue weighted by atomic mass is 10.0. The van der Waals surface area contributed by atoms with Crippen LogP contribution in [0.2, 0.25) is 0 Å². The number of hydrogen-bond acceptors (Lipinski definition) is 6. The summed E-state index contributed by atoms with van der Waals surface area (Å²) in [5.74, 6) is 1.08. The van der Waals surface area contributed by atoms with Crippen molar-refractivity contribution in [2.24, 2.45) is 0 Å². The second-order valence-electron chi connectivity index (χ2n) is 7.89. The minimum atomic E-state index is -0.807. The number of aromatic nitrogens is 3. The fraction of sp³-hybridized carbons (Fsp3) is 0.304. The van der Waals surface area contributed by atoms with Crippen LogP contribution in [0.1, 0.15) is 35.5 Å². The van der Waals surface area contributed by atoms with Crippen LogP contribution in [0.15, 0.2) is 36.7 Å². The average molecular weight is 417 g/mol. The molecule has 0 fully saturated rings. The number of nitriles is 1. The summed E-state index contributed by atoms with van der Waals surface area (Å²) < 4.78 is 12.5. The summed E-state index contributed by atoms with van der Waals surface area (Å²) in [6.45, 7) is 5.77. The van der Waals surface area contributed by atoms with Crippen molar-refractivity contribution < 1.29 is 14.3 Å². The third-order valence-corrected chi connectivity index (χ3v) is 5.46. The van der Waals surface area contributed by atoms with Gasteiger partial charge in [0, 0.05) is 5.56 Å². The lowest BCUT2D eigenvalue weighted by Crippen LogP contribution is -2.25. The molecule has 0 saturated carbocycles. The van der Waals surface area contributed by atoms with Crippen molar-refractivity contribution in [2.75, 3.05) is 19.1 Å². The highest BCUT2D eigenvalue weighted by Crippen LogP contribution is 2.39. The number of anilines is 1. The summed E-state index contributed by atoms with van der Waals surface area (Å²) in [7, 11) is 3.18. The lowest BCUT2D eigenvalue weighted by molar-refractivity contribution is 0.0996. The lowest BCUT2D eigenvalue weighted by Gasteiger charge is -2.16. The molecule has 0 aliphatic carbocycles. The van der Waals surface area contributed by atoms with Crippen LogP contribution < -0.4 is 14.4 Å². The van der Waals surface area contributed by atoms with Crippen molar-refractivity contribution >= 4 is 11.6 Å². The van der Waals surface area contributed by atoms with Crippen LogP contribution >= 0.6 is 0 Å². The second-order valence-corrected chi connectivity index (χ2v) is 7.89. The molecule has 0 radical (unpaired) electrons. The Labute approximate surface area is 180 Å². The van der Waals surface area contributed by atoms with Crippen LogP contribution in [0.25, 0.3) is 11.3 Å². The highest BCUT2D eigenvalue weighted by Gasteiger charge is 2.34. The van der Waals surface area contributed by atoms with Gasteiger partial charge in [-0.2, -0.15) is 10.4 Å². The number of ether oxygens (including phenoxy) is 2. The number of aryl methyl sites for hydroxylation is 1. The van der Waals surface area contributed by atoms with Gasteiger partial charge in [0.15, 0.2) is 11.5 Å². The van der Waals surface area contributed by atoms with Crippen molar-refractivity contribution in [1.29, 1.82) is 5.26 Å². The Hall–Kier alpha value is -3.86. The summed E-state index contributed by atoms with van der Waals surface area (Å²) in [5, 5.41) is 13.6. The molecule has 4 rings (SSSR count). The molecule has 8 nitrogen and oxygen atoms in total. The number of hydrogen-bond donors (Lipinski definition) is 0. The molecular formula is C23H23N5O3. The number of para-hydroxylation sites is 1. The third kappa shape index (κ3) is 3.28. The fourth-order valence-corrected chi connectivity index (χ4v) is 3.75. The summed E-state index contributed by atoms with van der Waals surface area (Å²) in [5.41, 5.74) is 3.45. The zero-order chi connectivity index (χ0) is 22.3. The number of methoxy groups -OCH3 is 2. The molecule has 158 valence electrons. The first-order valence-corrected chi connectivity index (χ1v) is 9.81. The van der Waals surface area contributed by atoms with Crippen molar-refractivity contribution in [3.63, 3.8) is 0 Å². The minimum absolute atomic E-state index is 0.126. The molecule has 1 aliphatic heterocycles. The van der Waals surface area contributed by atoms with Crippen LogP contribution in [-0.2, 0) is 12.1 Å². The molecule has 3 aromatic rings. The maximum Gasteiger partial charge on any atom is 0.260 e. The number of pyridine rings is 1. The van der Waals surface area contributed by atoms with E-state index < -0.39 is 5.54 Å². The summed E-state index contributed by atoms with van der Waals surface area (Å²) in [6.07, 6.45) is 3.32. The highest BCUT2D eigenvalue weighted by atomic mass is 16.5. The number of rotatable bonds is 5. The topological polar surface area (TPSA) is 93.3 Å². The largest absolute Gasteiger partial charge is 0.493 e. The first-order valence-electron chi connectivity index (χ1n) is 9.81. The van der Waals surface area contributed by atoms with Crippen molar-refractivity contribution in [3.8, 4) is 28.8 Å². The van der Waals surface area contributed by atoms with Gasteiger partial charge in [-0.05, 0) is 44.5 Å².